The van der Waals surface area contributed by atoms with Crippen LogP contribution in [0.1, 0.15) is 38.5 Å². The Morgan fingerprint density at radius 1 is 0.921 bits per heavy atom. The molecule has 1 saturated heterocycles. The Bertz CT molecular complexity index is 1220. The molecule has 4 N–H and O–H groups in total. The molecular formula is C27H35N5O5S. The summed E-state index contributed by atoms with van der Waals surface area (Å²) in [5, 5.41) is 5.50. The van der Waals surface area contributed by atoms with Crippen molar-refractivity contribution in [2.45, 2.75) is 55.5 Å². The zero-order valence-electron chi connectivity index (χ0n) is 21.3. The van der Waals surface area contributed by atoms with E-state index in [1.54, 1.807) is 42.5 Å². The summed E-state index contributed by atoms with van der Waals surface area (Å²) in [7, 11) is -4.05. The molecule has 2 fully saturated rings. The van der Waals surface area contributed by atoms with Crippen molar-refractivity contribution in [1.82, 2.24) is 14.5 Å². The van der Waals surface area contributed by atoms with Gasteiger partial charge < -0.3 is 21.3 Å². The molecule has 204 valence electrons. The van der Waals surface area contributed by atoms with Crippen molar-refractivity contribution < 1.29 is 22.8 Å². The number of carbonyl (C=O) groups is 3. The number of benzene rings is 2. The molecule has 10 nitrogen and oxygen atoms in total. The van der Waals surface area contributed by atoms with Gasteiger partial charge in [-0.2, -0.15) is 4.31 Å². The van der Waals surface area contributed by atoms with Crippen LogP contribution in [-0.4, -0.2) is 67.2 Å². The molecule has 0 aromatic heterocycles. The standard InChI is InChI=1S/C27H35N5O5S/c28-25(33)23(18-20-10-4-1-5-11-20)30-26(34)24-19-31(27(35)29-21-12-6-2-7-13-21)16-17-32(24)38(36,37)22-14-8-3-9-15-22/h2-3,6-9,12-15,20,23-24H,1,4-5,10-11,16-19H2,(H2,28,33)(H,29,35)(H,30,34). The highest BCUT2D eigenvalue weighted by Gasteiger charge is 2.42. The third-order valence-corrected chi connectivity index (χ3v) is 9.17. The summed E-state index contributed by atoms with van der Waals surface area (Å²) in [4.78, 5) is 40.3. The molecule has 0 radical (unpaired) electrons. The maximum atomic E-state index is 13.6. The molecule has 38 heavy (non-hydrogen) atoms. The number of sulfonamides is 1. The van der Waals surface area contributed by atoms with Crippen molar-refractivity contribution in [1.29, 1.82) is 0 Å². The lowest BCUT2D eigenvalue weighted by Crippen LogP contribution is -2.63. The van der Waals surface area contributed by atoms with E-state index < -0.39 is 40.0 Å². The number of nitrogens with one attached hydrogen (secondary N) is 2. The van der Waals surface area contributed by atoms with Crippen molar-refractivity contribution in [2.24, 2.45) is 11.7 Å². The summed E-state index contributed by atoms with van der Waals surface area (Å²) in [5.74, 6) is -1.04. The summed E-state index contributed by atoms with van der Waals surface area (Å²) >= 11 is 0. The van der Waals surface area contributed by atoms with Crippen LogP contribution in [0.3, 0.4) is 0 Å². The molecule has 0 bridgehead atoms. The van der Waals surface area contributed by atoms with Crippen LogP contribution in [0.2, 0.25) is 0 Å². The van der Waals surface area contributed by atoms with E-state index in [4.69, 9.17) is 5.73 Å². The molecule has 1 aliphatic heterocycles. The number of primary amides is 1. The van der Waals surface area contributed by atoms with E-state index in [2.05, 4.69) is 10.6 Å². The van der Waals surface area contributed by atoms with Gasteiger partial charge in [0.05, 0.1) is 4.90 Å². The van der Waals surface area contributed by atoms with E-state index in [1.807, 2.05) is 6.07 Å². The Hall–Kier alpha value is -3.44. The highest BCUT2D eigenvalue weighted by Crippen LogP contribution is 2.28. The fraction of sp³-hybridized carbons (Fsp3) is 0.444. The fourth-order valence-corrected chi connectivity index (χ4v) is 6.77. The van der Waals surface area contributed by atoms with Crippen LogP contribution in [0.15, 0.2) is 65.6 Å². The molecule has 1 saturated carbocycles. The molecule has 4 amide bonds. The summed E-state index contributed by atoms with van der Waals surface area (Å²) in [6, 6.07) is 14.1. The maximum absolute atomic E-state index is 13.6. The number of amides is 4. The first-order valence-corrected chi connectivity index (χ1v) is 14.5. The van der Waals surface area contributed by atoms with Gasteiger partial charge in [0.15, 0.2) is 0 Å². The first-order chi connectivity index (χ1) is 18.3. The molecule has 1 aliphatic carbocycles. The molecule has 2 aromatic rings. The van der Waals surface area contributed by atoms with E-state index in [9.17, 15) is 22.8 Å². The zero-order chi connectivity index (χ0) is 27.1. The second-order valence-corrected chi connectivity index (χ2v) is 11.8. The Labute approximate surface area is 223 Å². The number of hydrogen-bond acceptors (Lipinski definition) is 5. The van der Waals surface area contributed by atoms with Crippen LogP contribution in [0, 0.1) is 5.92 Å². The number of nitrogens with zero attached hydrogens (tertiary/aromatic N) is 2. The van der Waals surface area contributed by atoms with Gasteiger partial charge in [-0.15, -0.1) is 0 Å². The SMILES string of the molecule is NC(=O)C(CC1CCCCC1)NC(=O)C1CN(C(=O)Nc2ccccc2)CCN1S(=O)(=O)c1ccccc1. The van der Waals surface area contributed by atoms with Gasteiger partial charge in [0.1, 0.15) is 12.1 Å². The van der Waals surface area contributed by atoms with E-state index >= 15 is 0 Å². The quantitative estimate of drug-likeness (QED) is 0.471. The largest absolute Gasteiger partial charge is 0.368 e. The second kappa shape index (κ2) is 12.4. The minimum absolute atomic E-state index is 0.0497. The van der Waals surface area contributed by atoms with Crippen molar-refractivity contribution >= 4 is 33.6 Å². The molecule has 1 heterocycles. The summed E-state index contributed by atoms with van der Waals surface area (Å²) in [6.07, 6.45) is 5.63. The predicted molar refractivity (Wildman–Crippen MR) is 143 cm³/mol. The van der Waals surface area contributed by atoms with Gasteiger partial charge in [-0.1, -0.05) is 68.5 Å². The van der Waals surface area contributed by atoms with Crippen LogP contribution in [0.4, 0.5) is 10.5 Å². The number of rotatable bonds is 8. The Kier molecular flexibility index (Phi) is 9.01. The maximum Gasteiger partial charge on any atom is 0.321 e. The zero-order valence-corrected chi connectivity index (χ0v) is 22.1. The summed E-state index contributed by atoms with van der Waals surface area (Å²) in [6.45, 7) is -0.164. The van der Waals surface area contributed by atoms with Gasteiger partial charge >= 0.3 is 6.03 Å². The normalized spacial score (nSPS) is 19.9. The van der Waals surface area contributed by atoms with Gasteiger partial charge in [-0.3, -0.25) is 9.59 Å². The average molecular weight is 542 g/mol. The van der Waals surface area contributed by atoms with Crippen molar-refractivity contribution in [3.05, 3.63) is 60.7 Å². The second-order valence-electron chi connectivity index (χ2n) is 9.89. The predicted octanol–water partition coefficient (Wildman–Crippen LogP) is 2.53. The smallest absolute Gasteiger partial charge is 0.321 e. The number of anilines is 1. The monoisotopic (exact) mass is 541 g/mol. The molecule has 2 aliphatic rings. The van der Waals surface area contributed by atoms with Gasteiger partial charge in [0.25, 0.3) is 0 Å². The third kappa shape index (κ3) is 6.70. The number of nitrogens with two attached hydrogens (primary N) is 1. The lowest BCUT2D eigenvalue weighted by molar-refractivity contribution is -0.131. The lowest BCUT2D eigenvalue weighted by Gasteiger charge is -2.40. The van der Waals surface area contributed by atoms with E-state index in [0.29, 0.717) is 12.1 Å². The van der Waals surface area contributed by atoms with Gasteiger partial charge in [-0.25, -0.2) is 13.2 Å². The number of hydrogen-bond donors (Lipinski definition) is 3. The minimum Gasteiger partial charge on any atom is -0.368 e. The van der Waals surface area contributed by atoms with Crippen LogP contribution in [-0.2, 0) is 19.6 Å². The Morgan fingerprint density at radius 2 is 1.55 bits per heavy atom. The van der Waals surface area contributed by atoms with E-state index in [0.717, 1.165) is 36.4 Å². The highest BCUT2D eigenvalue weighted by atomic mass is 32.2. The fourth-order valence-electron chi connectivity index (χ4n) is 5.17. The van der Waals surface area contributed by atoms with E-state index in [1.165, 1.54) is 17.0 Å². The molecular weight excluding hydrogens is 506 g/mol. The number of piperazine rings is 1. The average Bonchev–Trinajstić information content (AvgIpc) is 2.93. The van der Waals surface area contributed by atoms with Crippen LogP contribution in [0.5, 0.6) is 0 Å². The van der Waals surface area contributed by atoms with Gasteiger partial charge in [0, 0.05) is 25.3 Å². The van der Waals surface area contributed by atoms with Gasteiger partial charge in [0.2, 0.25) is 21.8 Å². The minimum atomic E-state index is -4.05. The number of urea groups is 1. The molecule has 11 heteroatoms. The van der Waals surface area contributed by atoms with E-state index in [-0.39, 0.29) is 30.4 Å². The molecule has 0 spiro atoms. The van der Waals surface area contributed by atoms with Crippen molar-refractivity contribution in [3.63, 3.8) is 0 Å². The molecule has 4 rings (SSSR count). The highest BCUT2D eigenvalue weighted by molar-refractivity contribution is 7.89. The van der Waals surface area contributed by atoms with Crippen molar-refractivity contribution in [3.8, 4) is 0 Å². The number of carbonyl (C=O) groups excluding carboxylic acids is 3. The molecule has 2 atom stereocenters. The third-order valence-electron chi connectivity index (χ3n) is 7.25. The van der Waals surface area contributed by atoms with Crippen molar-refractivity contribution in [2.75, 3.05) is 25.0 Å². The Balaban J connectivity index is 1.55. The lowest BCUT2D eigenvalue weighted by atomic mass is 9.84. The topological polar surface area (TPSA) is 142 Å². The van der Waals surface area contributed by atoms with Gasteiger partial charge in [-0.05, 0) is 36.6 Å². The molecule has 2 unspecified atom stereocenters. The Morgan fingerprint density at radius 3 is 2.18 bits per heavy atom. The van der Waals surface area contributed by atoms with Crippen LogP contribution < -0.4 is 16.4 Å². The van der Waals surface area contributed by atoms with Crippen LogP contribution in [0.25, 0.3) is 0 Å². The number of para-hydroxylation sites is 1. The first-order valence-electron chi connectivity index (χ1n) is 13.0. The van der Waals surface area contributed by atoms with Crippen LogP contribution >= 0.6 is 0 Å². The summed E-state index contributed by atoms with van der Waals surface area (Å²) < 4.78 is 28.2. The molecule has 2 aromatic carbocycles. The first kappa shape index (κ1) is 27.6. The summed E-state index contributed by atoms with van der Waals surface area (Å²) in [5.41, 5.74) is 6.23.